The molecule has 1 aliphatic heterocycles. The van der Waals surface area contributed by atoms with E-state index in [9.17, 15) is 9.59 Å². The van der Waals surface area contributed by atoms with Crippen LogP contribution in [0.25, 0.3) is 6.08 Å². The first-order valence-electron chi connectivity index (χ1n) is 11.4. The third-order valence-electron chi connectivity index (χ3n) is 5.39. The van der Waals surface area contributed by atoms with Crippen LogP contribution in [0.1, 0.15) is 28.4 Å². The first-order valence-corrected chi connectivity index (χ1v) is 12.2. The minimum Gasteiger partial charge on any atom is -0.493 e. The fourth-order valence-corrected chi connectivity index (χ4v) is 3.87. The van der Waals surface area contributed by atoms with Crippen LogP contribution in [0.2, 0.25) is 0 Å². The van der Waals surface area contributed by atoms with Gasteiger partial charge in [0, 0.05) is 10.0 Å². The number of hydrogen-bond donors (Lipinski definition) is 0. The Morgan fingerprint density at radius 1 is 0.921 bits per heavy atom. The predicted octanol–water partition coefficient (Wildman–Crippen LogP) is 5.44. The summed E-state index contributed by atoms with van der Waals surface area (Å²) in [4.78, 5) is 29.5. The highest BCUT2D eigenvalue weighted by atomic mass is 79.9. The summed E-state index contributed by atoms with van der Waals surface area (Å²) in [6, 6.07) is 15.0. The number of esters is 2. The highest BCUT2D eigenvalue weighted by Crippen LogP contribution is 2.39. The Hall–Kier alpha value is -4.31. The molecule has 1 aliphatic rings. The van der Waals surface area contributed by atoms with Crippen LogP contribution in [0.3, 0.4) is 0 Å². The summed E-state index contributed by atoms with van der Waals surface area (Å²) in [6.45, 7) is 2.15. The molecule has 0 atom stereocenters. The Kier molecular flexibility index (Phi) is 8.32. The molecule has 0 amide bonds. The van der Waals surface area contributed by atoms with Crippen LogP contribution in [0.5, 0.6) is 28.7 Å². The zero-order valence-corrected chi connectivity index (χ0v) is 22.7. The molecular formula is C28H24BrNO8. The average molecular weight is 582 g/mol. The number of carbonyl (C=O) groups excluding carboxylic acids is 2. The van der Waals surface area contributed by atoms with Crippen LogP contribution >= 0.6 is 15.9 Å². The summed E-state index contributed by atoms with van der Waals surface area (Å²) in [6.07, 6.45) is 1.55. The Morgan fingerprint density at radius 2 is 1.61 bits per heavy atom. The third-order valence-corrected chi connectivity index (χ3v) is 5.91. The number of aliphatic imine (C=N–C) groups is 1. The lowest BCUT2D eigenvalue weighted by Gasteiger charge is -2.13. The van der Waals surface area contributed by atoms with Gasteiger partial charge in [0.05, 0.1) is 33.5 Å². The second-order valence-corrected chi connectivity index (χ2v) is 8.70. The van der Waals surface area contributed by atoms with Crippen molar-refractivity contribution in [3.63, 3.8) is 0 Å². The van der Waals surface area contributed by atoms with Gasteiger partial charge in [0.2, 0.25) is 11.6 Å². The monoisotopic (exact) mass is 581 g/mol. The summed E-state index contributed by atoms with van der Waals surface area (Å²) in [5.41, 5.74) is 1.54. The first kappa shape index (κ1) is 26.7. The van der Waals surface area contributed by atoms with Crippen molar-refractivity contribution in [2.75, 3.05) is 27.9 Å². The van der Waals surface area contributed by atoms with Crippen LogP contribution < -0.4 is 23.7 Å². The number of carbonyl (C=O) groups is 2. The minimum absolute atomic E-state index is 0.0795. The molecule has 0 spiro atoms. The maximum Gasteiger partial charge on any atom is 0.363 e. The van der Waals surface area contributed by atoms with Gasteiger partial charge in [0.25, 0.3) is 0 Å². The molecular weight excluding hydrogens is 558 g/mol. The van der Waals surface area contributed by atoms with Crippen molar-refractivity contribution < 1.29 is 38.0 Å². The fraction of sp³-hybridized carbons (Fsp3) is 0.179. The van der Waals surface area contributed by atoms with Gasteiger partial charge in [-0.3, -0.25) is 0 Å². The van der Waals surface area contributed by atoms with Crippen molar-refractivity contribution in [1.29, 1.82) is 0 Å². The van der Waals surface area contributed by atoms with Gasteiger partial charge in [-0.05, 0) is 67.1 Å². The van der Waals surface area contributed by atoms with Crippen molar-refractivity contribution in [2.24, 2.45) is 4.99 Å². The molecule has 0 fully saturated rings. The van der Waals surface area contributed by atoms with Crippen LogP contribution in [0.15, 0.2) is 69.8 Å². The molecule has 10 heteroatoms. The molecule has 38 heavy (non-hydrogen) atoms. The fourth-order valence-electron chi connectivity index (χ4n) is 3.61. The van der Waals surface area contributed by atoms with Crippen molar-refractivity contribution >= 4 is 39.8 Å². The van der Waals surface area contributed by atoms with E-state index in [0.29, 0.717) is 46.3 Å². The van der Waals surface area contributed by atoms with Crippen LogP contribution in [-0.4, -0.2) is 45.8 Å². The lowest BCUT2D eigenvalue weighted by Crippen LogP contribution is -2.09. The lowest BCUT2D eigenvalue weighted by molar-refractivity contribution is -0.129. The number of benzene rings is 3. The predicted molar refractivity (Wildman–Crippen MR) is 143 cm³/mol. The summed E-state index contributed by atoms with van der Waals surface area (Å²) >= 11 is 3.34. The van der Waals surface area contributed by atoms with E-state index in [1.54, 1.807) is 60.7 Å². The molecule has 0 aromatic heterocycles. The van der Waals surface area contributed by atoms with Crippen LogP contribution in [0, 0.1) is 0 Å². The Morgan fingerprint density at radius 3 is 2.21 bits per heavy atom. The molecule has 4 rings (SSSR count). The molecule has 3 aromatic rings. The zero-order valence-electron chi connectivity index (χ0n) is 21.1. The quantitative estimate of drug-likeness (QED) is 0.187. The normalized spacial score (nSPS) is 13.6. The van der Waals surface area contributed by atoms with Gasteiger partial charge in [0.1, 0.15) is 0 Å². The molecule has 0 saturated heterocycles. The zero-order chi connectivity index (χ0) is 27.2. The highest BCUT2D eigenvalue weighted by Gasteiger charge is 2.27. The number of halogens is 1. The standard InChI is InChI=1S/C28H24BrNO8/c1-5-36-22-13-16(6-11-21(22)37-27(31)17-7-9-19(29)10-8-17)12-20-28(32)38-26(30-20)18-14-23(33-2)25(35-4)24(15-18)34-3/h6-15H,5H2,1-4H3/b20-12+. The number of methoxy groups -OCH3 is 3. The number of rotatable bonds is 9. The lowest BCUT2D eigenvalue weighted by atomic mass is 10.1. The summed E-state index contributed by atoms with van der Waals surface area (Å²) in [5, 5.41) is 0. The van der Waals surface area contributed by atoms with Crippen LogP contribution in [0.4, 0.5) is 0 Å². The molecule has 196 valence electrons. The Bertz CT molecular complexity index is 1400. The van der Waals surface area contributed by atoms with Gasteiger partial charge in [-0.25, -0.2) is 14.6 Å². The molecule has 3 aromatic carbocycles. The number of hydrogen-bond acceptors (Lipinski definition) is 9. The summed E-state index contributed by atoms with van der Waals surface area (Å²) < 4.78 is 33.6. The van der Waals surface area contributed by atoms with E-state index >= 15 is 0 Å². The second kappa shape index (κ2) is 11.8. The van der Waals surface area contributed by atoms with E-state index in [2.05, 4.69) is 20.9 Å². The molecule has 0 unspecified atom stereocenters. The van der Waals surface area contributed by atoms with Crippen LogP contribution in [-0.2, 0) is 9.53 Å². The summed E-state index contributed by atoms with van der Waals surface area (Å²) in [7, 11) is 4.48. The van der Waals surface area contributed by atoms with Gasteiger partial charge < -0.3 is 28.4 Å². The molecule has 0 bridgehead atoms. The first-order chi connectivity index (χ1) is 18.4. The number of ether oxygens (including phenoxy) is 6. The average Bonchev–Trinajstić information content (AvgIpc) is 3.29. The number of cyclic esters (lactones) is 1. The molecule has 9 nitrogen and oxygen atoms in total. The molecule has 0 radical (unpaired) electrons. The van der Waals surface area contributed by atoms with E-state index < -0.39 is 11.9 Å². The van der Waals surface area contributed by atoms with E-state index in [0.717, 1.165) is 4.47 Å². The van der Waals surface area contributed by atoms with Crippen molar-refractivity contribution in [1.82, 2.24) is 0 Å². The SMILES string of the molecule is CCOc1cc(/C=C2/N=C(c3cc(OC)c(OC)c(OC)c3)OC2=O)ccc1OC(=O)c1ccc(Br)cc1. The van der Waals surface area contributed by atoms with Gasteiger partial charge in [-0.2, -0.15) is 0 Å². The van der Waals surface area contributed by atoms with Gasteiger partial charge in [-0.1, -0.05) is 22.0 Å². The molecule has 0 saturated carbocycles. The van der Waals surface area contributed by atoms with Gasteiger partial charge in [-0.15, -0.1) is 0 Å². The van der Waals surface area contributed by atoms with E-state index in [-0.39, 0.29) is 17.3 Å². The summed E-state index contributed by atoms with van der Waals surface area (Å²) in [5.74, 6) is 0.723. The van der Waals surface area contributed by atoms with Crippen molar-refractivity contribution in [2.45, 2.75) is 6.92 Å². The Labute approximate surface area is 227 Å². The largest absolute Gasteiger partial charge is 0.493 e. The smallest absolute Gasteiger partial charge is 0.363 e. The van der Waals surface area contributed by atoms with E-state index in [1.807, 2.05) is 6.92 Å². The maximum atomic E-state index is 12.6. The maximum absolute atomic E-state index is 12.6. The number of nitrogens with zero attached hydrogens (tertiary/aromatic N) is 1. The highest BCUT2D eigenvalue weighted by molar-refractivity contribution is 9.10. The minimum atomic E-state index is -0.627. The third kappa shape index (κ3) is 5.81. The molecule has 0 aliphatic carbocycles. The Balaban J connectivity index is 1.62. The second-order valence-electron chi connectivity index (χ2n) is 7.79. The van der Waals surface area contributed by atoms with E-state index in [4.69, 9.17) is 28.4 Å². The molecule has 0 N–H and O–H groups in total. The topological polar surface area (TPSA) is 102 Å². The van der Waals surface area contributed by atoms with Crippen molar-refractivity contribution in [3.05, 3.63) is 81.5 Å². The van der Waals surface area contributed by atoms with Gasteiger partial charge in [0.15, 0.2) is 28.7 Å². The molecule has 1 heterocycles. The van der Waals surface area contributed by atoms with Gasteiger partial charge >= 0.3 is 11.9 Å². The van der Waals surface area contributed by atoms with Crippen molar-refractivity contribution in [3.8, 4) is 28.7 Å². The van der Waals surface area contributed by atoms with E-state index in [1.165, 1.54) is 21.3 Å².